The molecule has 2 atom stereocenters. The number of aliphatic hydroxyl groups excluding tert-OH is 2. The molecule has 0 aliphatic rings. The summed E-state index contributed by atoms with van der Waals surface area (Å²) in [5, 5.41) is 34.6. The third kappa shape index (κ3) is 8.64. The first-order valence-corrected chi connectivity index (χ1v) is 14.2. The molecule has 0 unspecified atom stereocenters. The molecular formula is C34H35F2N2NaO5. The van der Waals surface area contributed by atoms with Crippen LogP contribution in [0.4, 0.5) is 14.5 Å². The normalized spacial score (nSPS) is 12.5. The fourth-order valence-corrected chi connectivity index (χ4v) is 5.34. The molecule has 0 spiro atoms. The number of aliphatic carboxylic acids is 1. The molecule has 3 aromatic carbocycles. The summed E-state index contributed by atoms with van der Waals surface area (Å²) in [5.74, 6) is -2.71. The molecule has 0 saturated heterocycles. The van der Waals surface area contributed by atoms with Crippen LogP contribution in [0.1, 0.15) is 60.9 Å². The molecule has 0 aliphatic carbocycles. The monoisotopic (exact) mass is 612 g/mol. The fraction of sp³-hybridized carbons (Fsp3) is 0.294. The van der Waals surface area contributed by atoms with E-state index in [-0.39, 0.29) is 54.9 Å². The minimum Gasteiger partial charge on any atom is -0.550 e. The summed E-state index contributed by atoms with van der Waals surface area (Å²) in [4.78, 5) is 25.0. The quantitative estimate of drug-likeness (QED) is 0.213. The Morgan fingerprint density at radius 1 is 0.841 bits per heavy atom. The van der Waals surface area contributed by atoms with Crippen LogP contribution in [-0.4, -0.2) is 38.9 Å². The molecule has 0 radical (unpaired) electrons. The number of rotatable bonds is 12. The smallest absolute Gasteiger partial charge is 0.550 e. The van der Waals surface area contributed by atoms with E-state index in [0.29, 0.717) is 39.3 Å². The Morgan fingerprint density at radius 2 is 1.36 bits per heavy atom. The standard InChI is InChI=1S/C34H36F2N2O5.Na/c1-20(2)38-29(17-16-27(39)18-28(40)19-30(41)42)31(22-6-10-24(35)11-7-22)32(23-8-12-25(36)13-9-23)33(38)34(43)37-26-14-4-21(3)5-15-26;/h4-15,20,27-28,39-40H,16-19H2,1-3H3,(H,37,43)(H,41,42);/q;+1/p-1/t27-,28-;/m1./s1. The summed E-state index contributed by atoms with van der Waals surface area (Å²) >= 11 is 0. The first-order valence-electron chi connectivity index (χ1n) is 14.2. The Hall–Kier alpha value is -3.34. The van der Waals surface area contributed by atoms with Gasteiger partial charge in [0, 0.05) is 40.9 Å². The number of anilines is 1. The van der Waals surface area contributed by atoms with E-state index in [2.05, 4.69) is 5.32 Å². The van der Waals surface area contributed by atoms with Gasteiger partial charge in [-0.2, -0.15) is 0 Å². The van der Waals surface area contributed by atoms with Gasteiger partial charge in [-0.15, -0.1) is 0 Å². The Kier molecular flexibility index (Phi) is 12.5. The Morgan fingerprint density at radius 3 is 1.86 bits per heavy atom. The largest absolute Gasteiger partial charge is 1.00 e. The maximum Gasteiger partial charge on any atom is 1.00 e. The Balaban J connectivity index is 0.00000529. The van der Waals surface area contributed by atoms with Crippen LogP contribution < -0.4 is 40.0 Å². The van der Waals surface area contributed by atoms with Crippen molar-refractivity contribution in [2.24, 2.45) is 0 Å². The van der Waals surface area contributed by atoms with Crippen molar-refractivity contribution in [3.8, 4) is 22.3 Å². The molecule has 0 aliphatic heterocycles. The zero-order valence-corrected chi connectivity index (χ0v) is 27.3. The molecule has 4 rings (SSSR count). The zero-order valence-electron chi connectivity index (χ0n) is 25.3. The maximum atomic E-state index is 14.1. The van der Waals surface area contributed by atoms with E-state index in [1.807, 2.05) is 37.5 Å². The second kappa shape index (κ2) is 15.6. The summed E-state index contributed by atoms with van der Waals surface area (Å²) in [5.41, 5.74) is 4.92. The number of nitrogens with one attached hydrogen (secondary N) is 1. The predicted molar refractivity (Wildman–Crippen MR) is 159 cm³/mol. The van der Waals surface area contributed by atoms with Gasteiger partial charge >= 0.3 is 29.6 Å². The first-order chi connectivity index (χ1) is 20.4. The molecule has 3 N–H and O–H groups in total. The van der Waals surface area contributed by atoms with E-state index in [9.17, 15) is 33.7 Å². The summed E-state index contributed by atoms with van der Waals surface area (Å²) in [6.45, 7) is 5.76. The third-order valence-electron chi connectivity index (χ3n) is 7.27. The van der Waals surface area contributed by atoms with Crippen molar-refractivity contribution in [2.75, 3.05) is 5.32 Å². The van der Waals surface area contributed by atoms with Crippen LogP contribution in [-0.2, 0) is 11.2 Å². The van der Waals surface area contributed by atoms with Crippen LogP contribution in [0, 0.1) is 18.6 Å². The van der Waals surface area contributed by atoms with Crippen LogP contribution in [0.3, 0.4) is 0 Å². The number of amides is 1. The number of hydrogen-bond donors (Lipinski definition) is 3. The van der Waals surface area contributed by atoms with Crippen LogP contribution in [0.25, 0.3) is 22.3 Å². The summed E-state index contributed by atoms with van der Waals surface area (Å²) in [7, 11) is 0. The minimum atomic E-state index is -1.42. The van der Waals surface area contributed by atoms with Gasteiger partial charge in [0.2, 0.25) is 0 Å². The van der Waals surface area contributed by atoms with Gasteiger partial charge in [-0.1, -0.05) is 42.0 Å². The summed E-state index contributed by atoms with van der Waals surface area (Å²) in [6.07, 6.45) is -2.73. The second-order valence-electron chi connectivity index (χ2n) is 11.0. The van der Waals surface area contributed by atoms with Crippen molar-refractivity contribution < 1.29 is 63.2 Å². The molecule has 1 heterocycles. The number of carboxylic acids is 1. The number of carbonyl (C=O) groups excluding carboxylic acids is 2. The van der Waals surface area contributed by atoms with E-state index >= 15 is 0 Å². The molecular weight excluding hydrogens is 577 g/mol. The molecule has 44 heavy (non-hydrogen) atoms. The van der Waals surface area contributed by atoms with Gasteiger partial charge in [0.15, 0.2) is 0 Å². The second-order valence-corrected chi connectivity index (χ2v) is 11.0. The number of aliphatic hydroxyl groups is 2. The van der Waals surface area contributed by atoms with Crippen LogP contribution in [0.5, 0.6) is 0 Å². The van der Waals surface area contributed by atoms with Crippen molar-refractivity contribution >= 4 is 17.6 Å². The molecule has 10 heteroatoms. The van der Waals surface area contributed by atoms with Gasteiger partial charge in [-0.3, -0.25) is 4.79 Å². The van der Waals surface area contributed by atoms with Crippen LogP contribution in [0.15, 0.2) is 72.8 Å². The minimum absolute atomic E-state index is 0. The van der Waals surface area contributed by atoms with E-state index < -0.39 is 42.1 Å². The number of hydrogen-bond acceptors (Lipinski definition) is 5. The number of aryl methyl sites for hydroxylation is 1. The average molecular weight is 613 g/mol. The molecule has 0 saturated carbocycles. The van der Waals surface area contributed by atoms with Crippen molar-refractivity contribution in [2.45, 2.75) is 64.7 Å². The third-order valence-corrected chi connectivity index (χ3v) is 7.27. The van der Waals surface area contributed by atoms with Gasteiger partial charge in [-0.05, 0) is 87.6 Å². The van der Waals surface area contributed by atoms with E-state index in [1.165, 1.54) is 24.3 Å². The Labute approximate surface area is 277 Å². The summed E-state index contributed by atoms with van der Waals surface area (Å²) in [6, 6.07) is 18.7. The van der Waals surface area contributed by atoms with Crippen molar-refractivity contribution in [1.82, 2.24) is 4.57 Å². The van der Waals surface area contributed by atoms with Gasteiger partial charge in [0.05, 0.1) is 12.2 Å². The van der Waals surface area contributed by atoms with Gasteiger partial charge in [-0.25, -0.2) is 8.78 Å². The topological polar surface area (TPSA) is 115 Å². The predicted octanol–water partition coefficient (Wildman–Crippen LogP) is 2.43. The molecule has 226 valence electrons. The van der Waals surface area contributed by atoms with Crippen molar-refractivity contribution in [1.29, 1.82) is 0 Å². The number of halogens is 2. The molecule has 1 amide bonds. The molecule has 7 nitrogen and oxygen atoms in total. The van der Waals surface area contributed by atoms with Crippen LogP contribution >= 0.6 is 0 Å². The number of benzene rings is 3. The van der Waals surface area contributed by atoms with E-state index in [4.69, 9.17) is 0 Å². The van der Waals surface area contributed by atoms with Gasteiger partial charge < -0.3 is 30.0 Å². The summed E-state index contributed by atoms with van der Waals surface area (Å²) < 4.78 is 29.9. The Bertz CT molecular complexity index is 1570. The first kappa shape index (κ1) is 35.1. The molecule has 1 aromatic heterocycles. The number of carboxylic acid groups (broad SMARTS) is 1. The van der Waals surface area contributed by atoms with Gasteiger partial charge in [0.25, 0.3) is 5.91 Å². The van der Waals surface area contributed by atoms with Crippen LogP contribution in [0.2, 0.25) is 0 Å². The van der Waals surface area contributed by atoms with E-state index in [1.54, 1.807) is 36.4 Å². The van der Waals surface area contributed by atoms with E-state index in [0.717, 1.165) is 5.56 Å². The average Bonchev–Trinajstić information content (AvgIpc) is 3.29. The zero-order chi connectivity index (χ0) is 31.3. The number of carbonyl (C=O) groups is 2. The van der Waals surface area contributed by atoms with Crippen molar-refractivity contribution in [3.63, 3.8) is 0 Å². The fourth-order valence-electron chi connectivity index (χ4n) is 5.34. The molecule has 4 aromatic rings. The molecule has 0 bridgehead atoms. The number of aromatic nitrogens is 1. The molecule has 0 fully saturated rings. The SMILES string of the molecule is Cc1ccc(NC(=O)c2c(-c3ccc(F)cc3)c(-c3ccc(F)cc3)c(CC[C@@H](O)C[C@@H](O)CC(=O)[O-])n2C(C)C)cc1.[Na+]. The van der Waals surface area contributed by atoms with Gasteiger partial charge in [0.1, 0.15) is 17.3 Å². The maximum absolute atomic E-state index is 14.1. The van der Waals surface area contributed by atoms with Crippen molar-refractivity contribution in [3.05, 3.63) is 101 Å². The number of nitrogens with zero attached hydrogens (tertiary/aromatic N) is 1.